The highest BCUT2D eigenvalue weighted by Gasteiger charge is 2.42. The number of hydrogen-bond donors (Lipinski definition) is 2. The summed E-state index contributed by atoms with van der Waals surface area (Å²) in [5.41, 5.74) is 0.315. The second-order valence-electron chi connectivity index (χ2n) is 5.39. The van der Waals surface area contributed by atoms with Crippen LogP contribution in [0.3, 0.4) is 0 Å². The predicted molar refractivity (Wildman–Crippen MR) is 82.7 cm³/mol. The summed E-state index contributed by atoms with van der Waals surface area (Å²) in [4.78, 5) is 16.9. The molecule has 0 bridgehead atoms. The molecular formula is C17H18N2O3. The maximum Gasteiger partial charge on any atom is 0.236 e. The molecule has 1 amide bonds. The number of amides is 1. The summed E-state index contributed by atoms with van der Waals surface area (Å²) in [6, 6.07) is 12.8. The molecule has 1 aliphatic heterocycles. The molecule has 0 unspecified atom stereocenters. The smallest absolute Gasteiger partial charge is 0.236 e. The summed E-state index contributed by atoms with van der Waals surface area (Å²) >= 11 is 0. The highest BCUT2D eigenvalue weighted by atomic mass is 16.5. The third-order valence-corrected chi connectivity index (χ3v) is 4.13. The number of nitrogens with zero attached hydrogens (tertiary/aromatic N) is 1. The minimum atomic E-state index is -0.649. The van der Waals surface area contributed by atoms with Gasteiger partial charge in [0.2, 0.25) is 5.91 Å². The van der Waals surface area contributed by atoms with Crippen molar-refractivity contribution in [3.63, 3.8) is 0 Å². The molecule has 1 aliphatic rings. The highest BCUT2D eigenvalue weighted by molar-refractivity contribution is 5.99. The van der Waals surface area contributed by atoms with Crippen LogP contribution in [-0.2, 0) is 14.9 Å². The second-order valence-corrected chi connectivity index (χ2v) is 5.39. The van der Waals surface area contributed by atoms with Crippen molar-refractivity contribution in [1.82, 2.24) is 4.98 Å². The molecule has 0 radical (unpaired) electrons. The molecule has 1 aromatic heterocycles. The van der Waals surface area contributed by atoms with Gasteiger partial charge in [-0.15, -0.1) is 0 Å². The van der Waals surface area contributed by atoms with E-state index in [1.54, 1.807) is 6.07 Å². The Kier molecular flexibility index (Phi) is 4.06. The number of nitrogens with one attached hydrogen (secondary N) is 1. The van der Waals surface area contributed by atoms with Crippen LogP contribution in [0.5, 0.6) is 5.75 Å². The minimum absolute atomic E-state index is 0.0360. The van der Waals surface area contributed by atoms with Crippen LogP contribution in [0.4, 0.5) is 5.82 Å². The Morgan fingerprint density at radius 1 is 1.14 bits per heavy atom. The predicted octanol–water partition coefficient (Wildman–Crippen LogP) is 2.47. The Balaban J connectivity index is 1.93. The van der Waals surface area contributed by atoms with E-state index in [1.807, 2.05) is 30.3 Å². The van der Waals surface area contributed by atoms with E-state index in [0.717, 1.165) is 5.56 Å². The number of pyridine rings is 1. The lowest BCUT2D eigenvalue weighted by Gasteiger charge is -2.36. The first-order chi connectivity index (χ1) is 10.7. The Labute approximate surface area is 129 Å². The molecule has 0 atom stereocenters. The molecule has 2 aromatic rings. The summed E-state index contributed by atoms with van der Waals surface area (Å²) in [5.74, 6) is -0.00332. The maximum absolute atomic E-state index is 12.9. The van der Waals surface area contributed by atoms with Crippen molar-refractivity contribution in [3.8, 4) is 5.75 Å². The summed E-state index contributed by atoms with van der Waals surface area (Å²) in [7, 11) is 0. The number of aromatic nitrogens is 1. The third-order valence-electron chi connectivity index (χ3n) is 4.13. The van der Waals surface area contributed by atoms with E-state index < -0.39 is 5.41 Å². The van der Waals surface area contributed by atoms with Crippen LogP contribution in [0.25, 0.3) is 0 Å². The molecule has 2 N–H and O–H groups in total. The number of aromatic hydroxyl groups is 1. The minimum Gasteiger partial charge on any atom is -0.504 e. The molecule has 3 rings (SSSR count). The molecule has 22 heavy (non-hydrogen) atoms. The van der Waals surface area contributed by atoms with Crippen LogP contribution in [0.2, 0.25) is 0 Å². The van der Waals surface area contributed by atoms with Gasteiger partial charge in [-0.2, -0.15) is 0 Å². The van der Waals surface area contributed by atoms with Gasteiger partial charge in [0.25, 0.3) is 0 Å². The quantitative estimate of drug-likeness (QED) is 0.913. The van der Waals surface area contributed by atoms with Gasteiger partial charge in [-0.25, -0.2) is 4.98 Å². The van der Waals surface area contributed by atoms with Gasteiger partial charge < -0.3 is 15.2 Å². The van der Waals surface area contributed by atoms with Gasteiger partial charge in [0.15, 0.2) is 11.6 Å². The van der Waals surface area contributed by atoms with Crippen molar-refractivity contribution in [1.29, 1.82) is 0 Å². The van der Waals surface area contributed by atoms with Gasteiger partial charge in [-0.1, -0.05) is 30.3 Å². The van der Waals surface area contributed by atoms with Gasteiger partial charge in [-0.05, 0) is 30.5 Å². The fourth-order valence-corrected chi connectivity index (χ4v) is 2.84. The molecule has 1 saturated heterocycles. The number of rotatable bonds is 3. The van der Waals surface area contributed by atoms with E-state index in [4.69, 9.17) is 4.74 Å². The zero-order chi connectivity index (χ0) is 15.4. The molecular weight excluding hydrogens is 280 g/mol. The van der Waals surface area contributed by atoms with Crippen LogP contribution < -0.4 is 5.32 Å². The lowest BCUT2D eigenvalue weighted by Crippen LogP contribution is -2.45. The van der Waals surface area contributed by atoms with Crippen molar-refractivity contribution >= 4 is 11.7 Å². The first-order valence-electron chi connectivity index (χ1n) is 7.31. The largest absolute Gasteiger partial charge is 0.504 e. The lowest BCUT2D eigenvalue weighted by atomic mass is 9.73. The molecule has 5 heteroatoms. The molecule has 0 aliphatic carbocycles. The number of anilines is 1. The zero-order valence-electron chi connectivity index (χ0n) is 12.2. The topological polar surface area (TPSA) is 71.5 Å². The van der Waals surface area contributed by atoms with Crippen LogP contribution in [-0.4, -0.2) is 29.2 Å². The number of carbonyl (C=O) groups excluding carboxylic acids is 1. The average Bonchev–Trinajstić information content (AvgIpc) is 2.58. The second kappa shape index (κ2) is 6.15. The Morgan fingerprint density at radius 3 is 2.55 bits per heavy atom. The lowest BCUT2D eigenvalue weighted by molar-refractivity contribution is -0.125. The van der Waals surface area contributed by atoms with Crippen molar-refractivity contribution in [2.45, 2.75) is 18.3 Å². The van der Waals surface area contributed by atoms with E-state index in [-0.39, 0.29) is 17.5 Å². The molecule has 1 aromatic carbocycles. The molecule has 0 spiro atoms. The molecule has 5 nitrogen and oxygen atoms in total. The first kappa shape index (κ1) is 14.5. The van der Waals surface area contributed by atoms with E-state index in [2.05, 4.69) is 10.3 Å². The SMILES string of the molecule is O=C(Nc1ncccc1O)C1(c2ccccc2)CCOCC1. The average molecular weight is 298 g/mol. The van der Waals surface area contributed by atoms with Crippen molar-refractivity contribution < 1.29 is 14.6 Å². The highest BCUT2D eigenvalue weighted by Crippen LogP contribution is 2.36. The summed E-state index contributed by atoms with van der Waals surface area (Å²) in [5, 5.41) is 12.6. The third kappa shape index (κ3) is 2.67. The Hall–Kier alpha value is -2.40. The van der Waals surface area contributed by atoms with E-state index in [9.17, 15) is 9.90 Å². The number of benzene rings is 1. The Morgan fingerprint density at radius 2 is 1.86 bits per heavy atom. The van der Waals surface area contributed by atoms with Crippen LogP contribution >= 0.6 is 0 Å². The summed E-state index contributed by atoms with van der Waals surface area (Å²) in [6.07, 6.45) is 2.75. The van der Waals surface area contributed by atoms with Gasteiger partial charge >= 0.3 is 0 Å². The summed E-state index contributed by atoms with van der Waals surface area (Å²) in [6.45, 7) is 1.08. The van der Waals surface area contributed by atoms with Gasteiger partial charge in [-0.3, -0.25) is 4.79 Å². The number of carbonyl (C=O) groups is 1. The number of hydrogen-bond acceptors (Lipinski definition) is 4. The van der Waals surface area contributed by atoms with Crippen molar-refractivity contribution in [3.05, 3.63) is 54.2 Å². The first-order valence-corrected chi connectivity index (χ1v) is 7.31. The van der Waals surface area contributed by atoms with Crippen LogP contribution in [0.15, 0.2) is 48.7 Å². The van der Waals surface area contributed by atoms with Gasteiger partial charge in [0, 0.05) is 19.4 Å². The van der Waals surface area contributed by atoms with E-state index in [1.165, 1.54) is 12.3 Å². The van der Waals surface area contributed by atoms with Crippen LogP contribution in [0.1, 0.15) is 18.4 Å². The summed E-state index contributed by atoms with van der Waals surface area (Å²) < 4.78 is 5.43. The van der Waals surface area contributed by atoms with Gasteiger partial charge in [0.1, 0.15) is 0 Å². The molecule has 0 saturated carbocycles. The monoisotopic (exact) mass is 298 g/mol. The van der Waals surface area contributed by atoms with E-state index in [0.29, 0.717) is 26.1 Å². The Bertz CT molecular complexity index is 652. The fraction of sp³-hybridized carbons (Fsp3) is 0.294. The molecule has 114 valence electrons. The van der Waals surface area contributed by atoms with Crippen molar-refractivity contribution in [2.75, 3.05) is 18.5 Å². The van der Waals surface area contributed by atoms with Crippen molar-refractivity contribution in [2.24, 2.45) is 0 Å². The van der Waals surface area contributed by atoms with Gasteiger partial charge in [0.05, 0.1) is 5.41 Å². The molecule has 2 heterocycles. The standard InChI is InChI=1S/C17H18N2O3/c20-14-7-4-10-18-15(14)19-16(21)17(8-11-22-12-9-17)13-5-2-1-3-6-13/h1-7,10,20H,8-9,11-12H2,(H,18,19,21). The van der Waals surface area contributed by atoms with E-state index >= 15 is 0 Å². The van der Waals surface area contributed by atoms with Crippen LogP contribution in [0, 0.1) is 0 Å². The maximum atomic E-state index is 12.9. The fourth-order valence-electron chi connectivity index (χ4n) is 2.84. The normalized spacial score (nSPS) is 16.9. The molecule has 1 fully saturated rings. The number of ether oxygens (including phenoxy) is 1. The zero-order valence-corrected chi connectivity index (χ0v) is 12.2.